The summed E-state index contributed by atoms with van der Waals surface area (Å²) in [6, 6.07) is 0. The maximum Gasteiger partial charge on any atom is 0.0569 e. The molecule has 0 radical (unpaired) electrons. The van der Waals surface area contributed by atoms with Gasteiger partial charge >= 0.3 is 0 Å². The molecule has 4 nitrogen and oxygen atoms in total. The largest absolute Gasteiger partial charge is 0.285 e. The first-order valence-corrected chi connectivity index (χ1v) is 4.77. The van der Waals surface area contributed by atoms with Crippen molar-refractivity contribution in [2.24, 2.45) is 5.92 Å². The minimum absolute atomic E-state index is 0.618. The van der Waals surface area contributed by atoms with E-state index in [1.807, 2.05) is 23.3 Å². The van der Waals surface area contributed by atoms with Crippen LogP contribution in [0.2, 0.25) is 0 Å². The molecule has 0 saturated heterocycles. The van der Waals surface area contributed by atoms with E-state index in [9.17, 15) is 0 Å². The first-order chi connectivity index (χ1) is 6.75. The third-order valence-electron chi connectivity index (χ3n) is 2.02. The van der Waals surface area contributed by atoms with E-state index in [1.54, 1.807) is 6.20 Å². The molecule has 0 fully saturated rings. The Morgan fingerprint density at radius 1 is 1.36 bits per heavy atom. The highest BCUT2D eigenvalue weighted by Crippen LogP contribution is 2.16. The number of aromatic amines is 1. The topological polar surface area (TPSA) is 46.5 Å². The fourth-order valence-electron chi connectivity index (χ4n) is 1.40. The van der Waals surface area contributed by atoms with Crippen LogP contribution in [0.25, 0.3) is 11.1 Å². The van der Waals surface area contributed by atoms with Crippen LogP contribution >= 0.6 is 0 Å². The molecule has 14 heavy (non-hydrogen) atoms. The van der Waals surface area contributed by atoms with E-state index in [1.165, 1.54) is 0 Å². The van der Waals surface area contributed by atoms with Gasteiger partial charge in [-0.25, -0.2) is 0 Å². The van der Waals surface area contributed by atoms with Gasteiger partial charge in [0.15, 0.2) is 0 Å². The monoisotopic (exact) mass is 190 g/mol. The first-order valence-electron chi connectivity index (χ1n) is 4.77. The molecule has 2 aromatic heterocycles. The van der Waals surface area contributed by atoms with Gasteiger partial charge in [-0.2, -0.15) is 10.2 Å². The van der Waals surface area contributed by atoms with Crippen molar-refractivity contribution in [2.75, 3.05) is 0 Å². The number of nitrogens with zero attached hydrogens (tertiary/aromatic N) is 3. The molecule has 4 heteroatoms. The molecule has 0 spiro atoms. The lowest BCUT2D eigenvalue weighted by atomic mass is 10.2. The van der Waals surface area contributed by atoms with Gasteiger partial charge in [0.2, 0.25) is 0 Å². The quantitative estimate of drug-likeness (QED) is 0.803. The number of rotatable bonds is 3. The maximum atomic E-state index is 4.29. The smallest absolute Gasteiger partial charge is 0.0569 e. The molecule has 0 aliphatic heterocycles. The van der Waals surface area contributed by atoms with E-state index < -0.39 is 0 Å². The van der Waals surface area contributed by atoms with E-state index in [4.69, 9.17) is 0 Å². The molecule has 0 bridgehead atoms. The van der Waals surface area contributed by atoms with E-state index in [0.717, 1.165) is 17.7 Å². The van der Waals surface area contributed by atoms with E-state index in [-0.39, 0.29) is 0 Å². The lowest BCUT2D eigenvalue weighted by Crippen LogP contribution is -2.03. The summed E-state index contributed by atoms with van der Waals surface area (Å²) in [4.78, 5) is 0. The van der Waals surface area contributed by atoms with E-state index in [2.05, 4.69) is 29.1 Å². The summed E-state index contributed by atoms with van der Waals surface area (Å²) < 4.78 is 1.97. The summed E-state index contributed by atoms with van der Waals surface area (Å²) in [6.45, 7) is 5.32. The third-order valence-corrected chi connectivity index (χ3v) is 2.02. The van der Waals surface area contributed by atoms with Crippen LogP contribution < -0.4 is 0 Å². The molecular weight excluding hydrogens is 176 g/mol. The van der Waals surface area contributed by atoms with E-state index in [0.29, 0.717) is 5.92 Å². The molecule has 2 rings (SSSR count). The molecule has 0 saturated carbocycles. The highest BCUT2D eigenvalue weighted by atomic mass is 15.3. The number of H-pyrrole nitrogens is 1. The SMILES string of the molecule is CC(C)Cn1cc(-c2cn[nH]c2)cn1. The molecule has 0 amide bonds. The predicted molar refractivity (Wildman–Crippen MR) is 54.6 cm³/mol. The number of hydrogen-bond donors (Lipinski definition) is 1. The minimum atomic E-state index is 0.618. The van der Waals surface area contributed by atoms with Gasteiger partial charge in [0.05, 0.1) is 12.4 Å². The molecule has 2 heterocycles. The summed E-state index contributed by atoms with van der Waals surface area (Å²) in [5.74, 6) is 0.618. The van der Waals surface area contributed by atoms with Crippen molar-refractivity contribution >= 4 is 0 Å². The van der Waals surface area contributed by atoms with Gasteiger partial charge < -0.3 is 0 Å². The number of aromatic nitrogens is 4. The lowest BCUT2D eigenvalue weighted by molar-refractivity contribution is 0.483. The second-order valence-corrected chi connectivity index (χ2v) is 3.83. The van der Waals surface area contributed by atoms with Gasteiger partial charge in [-0.15, -0.1) is 0 Å². The molecular formula is C10H14N4. The van der Waals surface area contributed by atoms with Gasteiger partial charge in [-0.1, -0.05) is 13.8 Å². The van der Waals surface area contributed by atoms with Crippen molar-refractivity contribution in [3.63, 3.8) is 0 Å². The van der Waals surface area contributed by atoms with Crippen molar-refractivity contribution in [3.8, 4) is 11.1 Å². The fourth-order valence-corrected chi connectivity index (χ4v) is 1.40. The maximum absolute atomic E-state index is 4.29. The Labute approximate surface area is 83.0 Å². The van der Waals surface area contributed by atoms with E-state index >= 15 is 0 Å². The highest BCUT2D eigenvalue weighted by Gasteiger charge is 2.03. The van der Waals surface area contributed by atoms with Crippen LogP contribution in [-0.4, -0.2) is 20.0 Å². The Hall–Kier alpha value is -1.58. The standard InChI is InChI=1S/C10H14N4/c1-8(2)6-14-7-10(5-13-14)9-3-11-12-4-9/h3-5,7-8H,6H2,1-2H3,(H,11,12). The number of hydrogen-bond acceptors (Lipinski definition) is 2. The van der Waals surface area contributed by atoms with Crippen LogP contribution in [-0.2, 0) is 6.54 Å². The molecule has 74 valence electrons. The summed E-state index contributed by atoms with van der Waals surface area (Å²) in [5.41, 5.74) is 2.19. The molecule has 0 atom stereocenters. The predicted octanol–water partition coefficient (Wildman–Crippen LogP) is 1.93. The molecule has 0 aromatic carbocycles. The molecule has 1 N–H and O–H groups in total. The zero-order chi connectivity index (χ0) is 9.97. The van der Waals surface area contributed by atoms with Crippen molar-refractivity contribution in [1.29, 1.82) is 0 Å². The van der Waals surface area contributed by atoms with Crippen molar-refractivity contribution < 1.29 is 0 Å². The van der Waals surface area contributed by atoms with Crippen LogP contribution in [0.5, 0.6) is 0 Å². The first kappa shape index (κ1) is 8.99. The van der Waals surface area contributed by atoms with Crippen LogP contribution in [0, 0.1) is 5.92 Å². The zero-order valence-electron chi connectivity index (χ0n) is 8.44. The second-order valence-electron chi connectivity index (χ2n) is 3.83. The Bertz CT molecular complexity index is 386. The average Bonchev–Trinajstić information content (AvgIpc) is 2.69. The van der Waals surface area contributed by atoms with Crippen LogP contribution in [0.15, 0.2) is 24.8 Å². The van der Waals surface area contributed by atoms with Crippen molar-refractivity contribution in [1.82, 2.24) is 20.0 Å². The van der Waals surface area contributed by atoms with Crippen LogP contribution in [0.3, 0.4) is 0 Å². The Morgan fingerprint density at radius 2 is 2.21 bits per heavy atom. The average molecular weight is 190 g/mol. The summed E-state index contributed by atoms with van der Waals surface area (Å²) in [5, 5.41) is 11.0. The van der Waals surface area contributed by atoms with Crippen LogP contribution in [0.1, 0.15) is 13.8 Å². The zero-order valence-corrected chi connectivity index (χ0v) is 8.44. The molecule has 0 aliphatic carbocycles. The Kier molecular flexibility index (Phi) is 2.35. The van der Waals surface area contributed by atoms with Crippen LogP contribution in [0.4, 0.5) is 0 Å². The lowest BCUT2D eigenvalue weighted by Gasteiger charge is -2.02. The molecule has 0 aliphatic rings. The summed E-state index contributed by atoms with van der Waals surface area (Å²) in [7, 11) is 0. The van der Waals surface area contributed by atoms with Gasteiger partial charge in [0.1, 0.15) is 0 Å². The summed E-state index contributed by atoms with van der Waals surface area (Å²) in [6.07, 6.45) is 7.59. The summed E-state index contributed by atoms with van der Waals surface area (Å²) >= 11 is 0. The fraction of sp³-hybridized carbons (Fsp3) is 0.400. The van der Waals surface area contributed by atoms with Crippen molar-refractivity contribution in [3.05, 3.63) is 24.8 Å². The Morgan fingerprint density at radius 3 is 2.86 bits per heavy atom. The van der Waals surface area contributed by atoms with Crippen molar-refractivity contribution in [2.45, 2.75) is 20.4 Å². The second kappa shape index (κ2) is 3.65. The molecule has 2 aromatic rings. The highest BCUT2D eigenvalue weighted by molar-refractivity contribution is 5.59. The van der Waals surface area contributed by atoms with Gasteiger partial charge in [-0.3, -0.25) is 9.78 Å². The van der Waals surface area contributed by atoms with Gasteiger partial charge in [0, 0.05) is 30.1 Å². The van der Waals surface area contributed by atoms with Gasteiger partial charge in [0.25, 0.3) is 0 Å². The van der Waals surface area contributed by atoms with Gasteiger partial charge in [-0.05, 0) is 5.92 Å². The number of nitrogens with one attached hydrogen (secondary N) is 1. The Balaban J connectivity index is 2.18. The minimum Gasteiger partial charge on any atom is -0.285 e. The third kappa shape index (κ3) is 1.84. The normalized spacial score (nSPS) is 11.1. The molecule has 0 unspecified atom stereocenters.